The molecule has 0 atom stereocenters. The Morgan fingerprint density at radius 2 is 2.00 bits per heavy atom. The van der Waals surface area contributed by atoms with E-state index in [1.807, 2.05) is 24.9 Å². The molecular weight excluding hydrogens is 419 g/mol. The van der Waals surface area contributed by atoms with E-state index in [1.54, 1.807) is 0 Å². The van der Waals surface area contributed by atoms with E-state index in [9.17, 15) is 0 Å². The molecule has 0 saturated carbocycles. The van der Waals surface area contributed by atoms with Crippen LogP contribution in [0.25, 0.3) is 0 Å². The van der Waals surface area contributed by atoms with E-state index >= 15 is 0 Å². The molecule has 0 aromatic heterocycles. The van der Waals surface area contributed by atoms with E-state index in [4.69, 9.17) is 0 Å². The summed E-state index contributed by atoms with van der Waals surface area (Å²) in [6.07, 6.45) is 1.07. The average Bonchev–Trinajstić information content (AvgIpc) is 2.51. The first-order valence-electron chi connectivity index (χ1n) is 7.99. The summed E-state index contributed by atoms with van der Waals surface area (Å²) in [5.41, 5.74) is 1.18. The lowest BCUT2D eigenvalue weighted by Crippen LogP contribution is -2.51. The first-order chi connectivity index (χ1) is 10.6. The second-order valence-corrected chi connectivity index (χ2v) is 7.95. The smallest absolute Gasteiger partial charge is 0.193 e. The number of guanidine groups is 1. The Bertz CT molecular complexity index is 479. The summed E-state index contributed by atoms with van der Waals surface area (Å²) >= 11 is 2.05. The first kappa shape index (κ1) is 20.4. The van der Waals surface area contributed by atoms with Gasteiger partial charge >= 0.3 is 0 Å². The highest BCUT2D eigenvalue weighted by Crippen LogP contribution is 2.29. The van der Waals surface area contributed by atoms with Gasteiger partial charge in [0.15, 0.2) is 5.96 Å². The number of benzene rings is 1. The van der Waals surface area contributed by atoms with Crippen molar-refractivity contribution in [3.8, 4) is 0 Å². The minimum atomic E-state index is 0. The predicted octanol–water partition coefficient (Wildman–Crippen LogP) is 3.51. The third kappa shape index (κ3) is 7.20. The van der Waals surface area contributed by atoms with Crippen molar-refractivity contribution in [3.05, 3.63) is 30.3 Å². The van der Waals surface area contributed by atoms with Crippen molar-refractivity contribution >= 4 is 47.4 Å². The summed E-state index contributed by atoms with van der Waals surface area (Å²) < 4.78 is 0.310. The highest BCUT2D eigenvalue weighted by Gasteiger charge is 2.28. The van der Waals surface area contributed by atoms with Crippen LogP contribution in [0.4, 0.5) is 5.69 Å². The van der Waals surface area contributed by atoms with E-state index in [0.29, 0.717) is 4.75 Å². The molecule has 1 aliphatic rings. The quantitative estimate of drug-likeness (QED) is 0.313. The number of para-hydroxylation sites is 1. The van der Waals surface area contributed by atoms with Crippen LogP contribution in [0.3, 0.4) is 0 Å². The number of aliphatic imine (C=N–C) groups is 1. The highest BCUT2D eigenvalue weighted by atomic mass is 127. The lowest BCUT2D eigenvalue weighted by Gasteiger charge is -2.39. The van der Waals surface area contributed by atoms with Crippen LogP contribution < -0.4 is 10.6 Å². The van der Waals surface area contributed by atoms with Crippen LogP contribution in [0, 0.1) is 0 Å². The number of hydrogen-bond acceptors (Lipinski definition) is 3. The SMILES string of the molecule is CN=C(NCCCNc1ccccc1)N1CCSC(C)(C)C1.I. The second kappa shape index (κ2) is 10.3. The van der Waals surface area contributed by atoms with Crippen LogP contribution >= 0.6 is 35.7 Å². The maximum Gasteiger partial charge on any atom is 0.193 e. The molecule has 23 heavy (non-hydrogen) atoms. The Kier molecular flexibility index (Phi) is 9.12. The molecule has 0 radical (unpaired) electrons. The van der Waals surface area contributed by atoms with Crippen molar-refractivity contribution in [2.24, 2.45) is 4.99 Å². The molecule has 6 heteroatoms. The minimum absolute atomic E-state index is 0. The second-order valence-electron chi connectivity index (χ2n) is 6.15. The number of rotatable bonds is 5. The monoisotopic (exact) mass is 448 g/mol. The number of thioether (sulfide) groups is 1. The minimum Gasteiger partial charge on any atom is -0.385 e. The predicted molar refractivity (Wildman–Crippen MR) is 114 cm³/mol. The van der Waals surface area contributed by atoms with Crippen LogP contribution in [-0.4, -0.2) is 54.6 Å². The van der Waals surface area contributed by atoms with Crippen molar-refractivity contribution in [1.82, 2.24) is 10.2 Å². The Morgan fingerprint density at radius 1 is 1.26 bits per heavy atom. The molecule has 0 unspecified atom stereocenters. The Balaban J connectivity index is 0.00000264. The maximum atomic E-state index is 4.43. The third-order valence-electron chi connectivity index (χ3n) is 3.68. The Hall–Kier alpha value is -0.630. The topological polar surface area (TPSA) is 39.7 Å². The molecule has 0 aliphatic carbocycles. The fraction of sp³-hybridized carbons (Fsp3) is 0.588. The number of anilines is 1. The van der Waals surface area contributed by atoms with Gasteiger partial charge in [-0.2, -0.15) is 11.8 Å². The van der Waals surface area contributed by atoms with Gasteiger partial charge in [-0.25, -0.2) is 0 Å². The van der Waals surface area contributed by atoms with Crippen LogP contribution in [-0.2, 0) is 0 Å². The molecule has 2 N–H and O–H groups in total. The van der Waals surface area contributed by atoms with Crippen molar-refractivity contribution in [3.63, 3.8) is 0 Å². The molecule has 1 heterocycles. The summed E-state index contributed by atoms with van der Waals surface area (Å²) in [5, 5.41) is 6.92. The molecule has 2 rings (SSSR count). The van der Waals surface area contributed by atoms with Gasteiger partial charge in [-0.15, -0.1) is 24.0 Å². The molecule has 1 fully saturated rings. The number of halogens is 1. The summed E-state index contributed by atoms with van der Waals surface area (Å²) in [4.78, 5) is 6.81. The largest absolute Gasteiger partial charge is 0.385 e. The van der Waals surface area contributed by atoms with Crippen molar-refractivity contribution < 1.29 is 0 Å². The normalized spacial score (nSPS) is 17.3. The Labute approximate surface area is 161 Å². The standard InChI is InChI=1S/C17H28N4S.HI/c1-17(2)14-21(12-13-22-17)16(18-3)20-11-7-10-19-15-8-5-4-6-9-15;/h4-6,8-9,19H,7,10-14H2,1-3H3,(H,18,20);1H. The van der Waals surface area contributed by atoms with Gasteiger partial charge in [0.25, 0.3) is 0 Å². The van der Waals surface area contributed by atoms with Crippen LogP contribution in [0.2, 0.25) is 0 Å². The van der Waals surface area contributed by atoms with E-state index < -0.39 is 0 Å². The molecule has 0 spiro atoms. The number of hydrogen-bond donors (Lipinski definition) is 2. The lowest BCUT2D eigenvalue weighted by molar-refractivity contribution is 0.376. The lowest BCUT2D eigenvalue weighted by atomic mass is 10.2. The first-order valence-corrected chi connectivity index (χ1v) is 8.98. The molecule has 0 amide bonds. The summed E-state index contributed by atoms with van der Waals surface area (Å²) in [6.45, 7) is 8.66. The zero-order chi connectivity index (χ0) is 15.8. The van der Waals surface area contributed by atoms with Crippen molar-refractivity contribution in [2.45, 2.75) is 25.0 Å². The van der Waals surface area contributed by atoms with E-state index in [2.05, 4.69) is 58.6 Å². The Morgan fingerprint density at radius 3 is 2.65 bits per heavy atom. The fourth-order valence-electron chi connectivity index (χ4n) is 2.61. The van der Waals surface area contributed by atoms with Gasteiger partial charge in [-0.3, -0.25) is 4.99 Å². The van der Waals surface area contributed by atoms with Gasteiger partial charge in [0.05, 0.1) is 0 Å². The fourth-order valence-corrected chi connectivity index (χ4v) is 3.72. The molecule has 1 saturated heterocycles. The zero-order valence-electron chi connectivity index (χ0n) is 14.3. The van der Waals surface area contributed by atoms with E-state index in [1.165, 1.54) is 11.4 Å². The van der Waals surface area contributed by atoms with Crippen LogP contribution in [0.1, 0.15) is 20.3 Å². The van der Waals surface area contributed by atoms with Gasteiger partial charge in [0.2, 0.25) is 0 Å². The van der Waals surface area contributed by atoms with Crippen LogP contribution in [0.15, 0.2) is 35.3 Å². The average molecular weight is 448 g/mol. The maximum absolute atomic E-state index is 4.43. The van der Waals surface area contributed by atoms with E-state index in [-0.39, 0.29) is 24.0 Å². The van der Waals surface area contributed by atoms with Gasteiger partial charge in [-0.1, -0.05) is 18.2 Å². The van der Waals surface area contributed by atoms with Gasteiger partial charge in [0.1, 0.15) is 0 Å². The molecule has 0 bridgehead atoms. The highest BCUT2D eigenvalue weighted by molar-refractivity contribution is 14.0. The van der Waals surface area contributed by atoms with Crippen molar-refractivity contribution in [2.75, 3.05) is 44.3 Å². The summed E-state index contributed by atoms with van der Waals surface area (Å²) in [5.74, 6) is 2.21. The molecular formula is C17H29IN4S. The molecule has 1 aromatic rings. The van der Waals surface area contributed by atoms with Crippen LogP contribution in [0.5, 0.6) is 0 Å². The van der Waals surface area contributed by atoms with Gasteiger partial charge in [0, 0.05) is 49.4 Å². The zero-order valence-corrected chi connectivity index (χ0v) is 17.5. The van der Waals surface area contributed by atoms with E-state index in [0.717, 1.165) is 38.6 Å². The molecule has 130 valence electrons. The molecule has 1 aliphatic heterocycles. The number of nitrogens with one attached hydrogen (secondary N) is 2. The van der Waals surface area contributed by atoms with Gasteiger partial charge < -0.3 is 15.5 Å². The molecule has 1 aromatic carbocycles. The molecule has 4 nitrogen and oxygen atoms in total. The third-order valence-corrected chi connectivity index (χ3v) is 4.97. The van der Waals surface area contributed by atoms with Gasteiger partial charge in [-0.05, 0) is 32.4 Å². The summed E-state index contributed by atoms with van der Waals surface area (Å²) in [6, 6.07) is 10.3. The van der Waals surface area contributed by atoms with Crippen molar-refractivity contribution in [1.29, 1.82) is 0 Å². The number of nitrogens with zero attached hydrogens (tertiary/aromatic N) is 2. The summed E-state index contributed by atoms with van der Waals surface area (Å²) in [7, 11) is 1.87.